The van der Waals surface area contributed by atoms with Crippen LogP contribution < -0.4 is 0 Å². The molecular weight excluding hydrogens is 318 g/mol. The van der Waals surface area contributed by atoms with Crippen molar-refractivity contribution in [2.45, 2.75) is 6.54 Å². The number of aromatic nitrogens is 3. The molecule has 0 radical (unpaired) electrons. The molecule has 0 atom stereocenters. The zero-order chi connectivity index (χ0) is 11.8. The molecule has 0 unspecified atom stereocenters. The summed E-state index contributed by atoms with van der Waals surface area (Å²) in [4.78, 5) is 8.51. The number of hydrogen-bond donors (Lipinski definition) is 1. The van der Waals surface area contributed by atoms with Crippen molar-refractivity contribution in [3.8, 4) is 0 Å². The normalized spacial score (nSPS) is 11.1. The van der Waals surface area contributed by atoms with E-state index in [0.29, 0.717) is 0 Å². The van der Waals surface area contributed by atoms with Crippen molar-refractivity contribution in [3.63, 3.8) is 0 Å². The molecule has 6 heteroatoms. The fourth-order valence-corrected chi connectivity index (χ4v) is 3.51. The summed E-state index contributed by atoms with van der Waals surface area (Å²) in [5.74, 6) is 0. The fraction of sp³-hybridized carbons (Fsp3) is 0.0909. The lowest BCUT2D eigenvalue weighted by atomic mass is 10.4. The Labute approximate surface area is 115 Å². The molecule has 3 aromatic rings. The lowest BCUT2D eigenvalue weighted by molar-refractivity contribution is 0.823. The summed E-state index contributed by atoms with van der Waals surface area (Å²) < 4.78 is 3.96. The van der Waals surface area contributed by atoms with E-state index in [1.54, 1.807) is 23.7 Å². The highest BCUT2D eigenvalue weighted by Gasteiger charge is 2.06. The average molecular weight is 326 g/mol. The molecule has 0 fully saturated rings. The number of halogens is 1. The number of nitrogens with zero attached hydrogens (tertiary/aromatic N) is 2. The molecule has 0 amide bonds. The number of thiophene rings is 1. The molecule has 0 bridgehead atoms. The molecule has 0 aliphatic heterocycles. The number of fused-ring (bicyclic) bond motifs is 1. The van der Waals surface area contributed by atoms with Gasteiger partial charge in [-0.25, -0.2) is 0 Å². The first-order valence-electron chi connectivity index (χ1n) is 5.01. The average Bonchev–Trinajstić information content (AvgIpc) is 2.85. The second-order valence-electron chi connectivity index (χ2n) is 3.61. The smallest absolute Gasteiger partial charge is 0.178 e. The standard InChI is InChI=1S/C11H8BrN3S2/c12-10-2-1-7(17-10)6-15-9-3-4-13-5-8(9)14-11(15)16/h1-5H,6H2,(H,14,16). The van der Waals surface area contributed by atoms with Crippen LogP contribution in [0.3, 0.4) is 0 Å². The van der Waals surface area contributed by atoms with E-state index in [1.165, 1.54) is 4.88 Å². The molecule has 0 saturated carbocycles. The van der Waals surface area contributed by atoms with Crippen molar-refractivity contribution in [2.75, 3.05) is 0 Å². The number of hydrogen-bond acceptors (Lipinski definition) is 3. The molecule has 3 nitrogen and oxygen atoms in total. The summed E-state index contributed by atoms with van der Waals surface area (Å²) in [7, 11) is 0. The van der Waals surface area contributed by atoms with E-state index in [4.69, 9.17) is 12.2 Å². The first kappa shape index (κ1) is 11.1. The SMILES string of the molecule is S=c1[nH]c2cnccc2n1Cc1ccc(Br)s1. The minimum atomic E-state index is 0.734. The molecule has 0 spiro atoms. The van der Waals surface area contributed by atoms with Gasteiger partial charge in [0.2, 0.25) is 0 Å². The first-order valence-corrected chi connectivity index (χ1v) is 7.02. The van der Waals surface area contributed by atoms with Crippen LogP contribution in [-0.4, -0.2) is 14.5 Å². The van der Waals surface area contributed by atoms with Crippen molar-refractivity contribution in [1.29, 1.82) is 0 Å². The van der Waals surface area contributed by atoms with Gasteiger partial charge in [0, 0.05) is 11.1 Å². The zero-order valence-corrected chi connectivity index (χ0v) is 11.9. The maximum Gasteiger partial charge on any atom is 0.178 e. The second-order valence-corrected chi connectivity index (χ2v) is 6.55. The summed E-state index contributed by atoms with van der Waals surface area (Å²) in [6.45, 7) is 0.791. The van der Waals surface area contributed by atoms with Crippen molar-refractivity contribution < 1.29 is 0 Å². The van der Waals surface area contributed by atoms with Gasteiger partial charge in [0.25, 0.3) is 0 Å². The molecule has 0 saturated heterocycles. The van der Waals surface area contributed by atoms with Gasteiger partial charge in [0.1, 0.15) is 0 Å². The van der Waals surface area contributed by atoms with Crippen LogP contribution in [0.4, 0.5) is 0 Å². The third kappa shape index (κ3) is 2.08. The van der Waals surface area contributed by atoms with Crippen LogP contribution in [0.15, 0.2) is 34.4 Å². The Morgan fingerprint density at radius 2 is 2.29 bits per heavy atom. The zero-order valence-electron chi connectivity index (χ0n) is 8.68. The van der Waals surface area contributed by atoms with Gasteiger partial charge >= 0.3 is 0 Å². The number of aromatic amines is 1. The number of H-pyrrole nitrogens is 1. The van der Waals surface area contributed by atoms with Crippen molar-refractivity contribution >= 4 is 50.5 Å². The highest BCUT2D eigenvalue weighted by molar-refractivity contribution is 9.11. The Hall–Kier alpha value is -0.980. The van der Waals surface area contributed by atoms with Crippen LogP contribution >= 0.6 is 39.5 Å². The van der Waals surface area contributed by atoms with Crippen LogP contribution in [0.2, 0.25) is 0 Å². The summed E-state index contributed by atoms with van der Waals surface area (Å²) in [5.41, 5.74) is 2.07. The molecule has 3 aromatic heterocycles. The molecule has 0 aromatic carbocycles. The maximum atomic E-state index is 5.33. The minimum Gasteiger partial charge on any atom is -0.329 e. The predicted molar refractivity (Wildman–Crippen MR) is 76.0 cm³/mol. The minimum absolute atomic E-state index is 0.734. The van der Waals surface area contributed by atoms with Gasteiger partial charge in [0.05, 0.1) is 27.6 Å². The van der Waals surface area contributed by atoms with Crippen molar-refractivity contribution in [3.05, 3.63) is 44.0 Å². The van der Waals surface area contributed by atoms with Gasteiger partial charge in [-0.2, -0.15) is 0 Å². The van der Waals surface area contributed by atoms with Gasteiger partial charge in [-0.15, -0.1) is 11.3 Å². The number of imidazole rings is 1. The summed E-state index contributed by atoms with van der Waals surface area (Å²) in [6.07, 6.45) is 3.58. The van der Waals surface area contributed by atoms with Crippen LogP contribution in [0.5, 0.6) is 0 Å². The van der Waals surface area contributed by atoms with Crippen LogP contribution in [0.25, 0.3) is 11.0 Å². The van der Waals surface area contributed by atoms with Crippen molar-refractivity contribution in [1.82, 2.24) is 14.5 Å². The van der Waals surface area contributed by atoms with Crippen molar-refractivity contribution in [2.24, 2.45) is 0 Å². The Morgan fingerprint density at radius 3 is 3.06 bits per heavy atom. The van der Waals surface area contributed by atoms with E-state index in [2.05, 4.69) is 42.6 Å². The molecule has 17 heavy (non-hydrogen) atoms. The maximum absolute atomic E-state index is 5.33. The molecular formula is C11H8BrN3S2. The van der Waals surface area contributed by atoms with E-state index in [9.17, 15) is 0 Å². The highest BCUT2D eigenvalue weighted by Crippen LogP contribution is 2.24. The summed E-state index contributed by atoms with van der Waals surface area (Å²) >= 11 is 10.5. The summed E-state index contributed by atoms with van der Waals surface area (Å²) in [5, 5.41) is 0. The fourth-order valence-electron chi connectivity index (χ4n) is 1.76. The molecule has 3 heterocycles. The molecule has 3 rings (SSSR count). The quantitative estimate of drug-likeness (QED) is 0.723. The number of pyridine rings is 1. The van der Waals surface area contributed by atoms with Crippen LogP contribution in [-0.2, 0) is 6.54 Å². The second kappa shape index (κ2) is 4.36. The first-order chi connectivity index (χ1) is 8.24. The third-order valence-corrected chi connectivity index (χ3v) is 4.45. The molecule has 0 aliphatic rings. The van der Waals surface area contributed by atoms with Gasteiger partial charge < -0.3 is 9.55 Å². The number of rotatable bonds is 2. The van der Waals surface area contributed by atoms with Gasteiger partial charge in [0.15, 0.2) is 4.77 Å². The Balaban J connectivity index is 2.11. The molecule has 86 valence electrons. The highest BCUT2D eigenvalue weighted by atomic mass is 79.9. The summed E-state index contributed by atoms with van der Waals surface area (Å²) in [6, 6.07) is 6.14. The Morgan fingerprint density at radius 1 is 1.41 bits per heavy atom. The Bertz CT molecular complexity index is 725. The topological polar surface area (TPSA) is 33.6 Å². The molecule has 0 aliphatic carbocycles. The van der Waals surface area contributed by atoms with Gasteiger partial charge in [-0.1, -0.05) is 0 Å². The van der Waals surface area contributed by atoms with E-state index in [-0.39, 0.29) is 0 Å². The van der Waals surface area contributed by atoms with Gasteiger partial charge in [-0.05, 0) is 46.3 Å². The van der Waals surface area contributed by atoms with E-state index >= 15 is 0 Å². The lowest BCUT2D eigenvalue weighted by Gasteiger charge is -2.01. The lowest BCUT2D eigenvalue weighted by Crippen LogP contribution is -1.97. The number of nitrogens with one attached hydrogen (secondary N) is 1. The van der Waals surface area contributed by atoms with E-state index < -0.39 is 0 Å². The third-order valence-electron chi connectivity index (χ3n) is 2.52. The largest absolute Gasteiger partial charge is 0.329 e. The van der Waals surface area contributed by atoms with Gasteiger partial charge in [-0.3, -0.25) is 4.98 Å². The van der Waals surface area contributed by atoms with Crippen LogP contribution in [0.1, 0.15) is 4.88 Å². The van der Waals surface area contributed by atoms with Crippen LogP contribution in [0, 0.1) is 4.77 Å². The van der Waals surface area contributed by atoms with E-state index in [0.717, 1.165) is 26.1 Å². The molecule has 1 N–H and O–H groups in total. The monoisotopic (exact) mass is 325 g/mol. The van der Waals surface area contributed by atoms with E-state index in [1.807, 2.05) is 6.07 Å². The Kier molecular flexibility index (Phi) is 2.85. The predicted octanol–water partition coefficient (Wildman–Crippen LogP) is 3.97.